The SMILES string of the molecule is COc1cccc(NC(=O)C(C#N)C(=O)c2nn(-c3ccccc3)c3c2CSc2ccccc2-3)c1. The molecule has 0 radical (unpaired) electrons. The van der Waals surface area contributed by atoms with Crippen molar-refractivity contribution < 1.29 is 14.3 Å². The van der Waals surface area contributed by atoms with E-state index in [2.05, 4.69) is 10.4 Å². The lowest BCUT2D eigenvalue weighted by Crippen LogP contribution is -2.29. The normalized spacial score (nSPS) is 12.6. The van der Waals surface area contributed by atoms with Gasteiger partial charge >= 0.3 is 0 Å². The molecule has 7 nitrogen and oxygen atoms in total. The Hall–Kier alpha value is -4.35. The molecule has 1 amide bonds. The Balaban J connectivity index is 1.55. The summed E-state index contributed by atoms with van der Waals surface area (Å²) in [5.41, 5.74) is 3.85. The number of anilines is 1. The fraction of sp³-hybridized carbons (Fsp3) is 0.111. The van der Waals surface area contributed by atoms with Crippen molar-refractivity contribution in [2.75, 3.05) is 12.4 Å². The van der Waals surface area contributed by atoms with E-state index in [1.165, 1.54) is 7.11 Å². The first kappa shape index (κ1) is 22.4. The molecule has 1 unspecified atom stereocenters. The van der Waals surface area contributed by atoms with E-state index in [0.29, 0.717) is 17.2 Å². The molecule has 172 valence electrons. The van der Waals surface area contributed by atoms with Crippen LogP contribution in [0.15, 0.2) is 83.8 Å². The molecule has 1 aliphatic heterocycles. The van der Waals surface area contributed by atoms with Crippen LogP contribution in [0.3, 0.4) is 0 Å². The number of amides is 1. The van der Waals surface area contributed by atoms with E-state index in [9.17, 15) is 14.9 Å². The van der Waals surface area contributed by atoms with Crippen molar-refractivity contribution in [1.82, 2.24) is 9.78 Å². The minimum atomic E-state index is -1.55. The number of benzene rings is 3. The maximum atomic E-state index is 13.6. The van der Waals surface area contributed by atoms with Gasteiger partial charge in [-0.15, -0.1) is 11.8 Å². The summed E-state index contributed by atoms with van der Waals surface area (Å²) in [5.74, 6) is -1.83. The number of ketones is 1. The zero-order valence-electron chi connectivity index (χ0n) is 18.8. The van der Waals surface area contributed by atoms with Gasteiger partial charge in [-0.2, -0.15) is 10.4 Å². The van der Waals surface area contributed by atoms with Crippen LogP contribution in [0.2, 0.25) is 0 Å². The number of carbonyl (C=O) groups excluding carboxylic acids is 2. The van der Waals surface area contributed by atoms with Crippen LogP contribution < -0.4 is 10.1 Å². The molecular formula is C27H20N4O3S. The number of nitrogens with one attached hydrogen (secondary N) is 1. The van der Waals surface area contributed by atoms with Gasteiger partial charge in [-0.1, -0.05) is 42.5 Å². The highest BCUT2D eigenvalue weighted by molar-refractivity contribution is 7.98. The van der Waals surface area contributed by atoms with Gasteiger partial charge in [0.2, 0.25) is 11.7 Å². The number of Topliss-reactive ketones (excluding diaryl/α,β-unsaturated/α-hetero) is 1. The minimum Gasteiger partial charge on any atom is -0.497 e. The summed E-state index contributed by atoms with van der Waals surface area (Å²) in [6.07, 6.45) is 0. The molecule has 35 heavy (non-hydrogen) atoms. The molecule has 3 aromatic carbocycles. The minimum absolute atomic E-state index is 0.137. The summed E-state index contributed by atoms with van der Waals surface area (Å²) >= 11 is 1.60. The number of ether oxygens (including phenoxy) is 1. The van der Waals surface area contributed by atoms with Crippen LogP contribution in [-0.4, -0.2) is 28.6 Å². The summed E-state index contributed by atoms with van der Waals surface area (Å²) < 4.78 is 6.91. The molecule has 1 aliphatic rings. The highest BCUT2D eigenvalue weighted by atomic mass is 32.2. The summed E-state index contributed by atoms with van der Waals surface area (Å²) in [7, 11) is 1.52. The molecule has 0 aliphatic carbocycles. The highest BCUT2D eigenvalue weighted by Gasteiger charge is 2.35. The van der Waals surface area contributed by atoms with Gasteiger partial charge in [0.1, 0.15) is 11.4 Å². The van der Waals surface area contributed by atoms with E-state index in [1.807, 2.05) is 60.7 Å². The first-order valence-electron chi connectivity index (χ1n) is 10.9. The quantitative estimate of drug-likeness (QED) is 0.304. The molecule has 2 heterocycles. The Morgan fingerprint density at radius 3 is 2.63 bits per heavy atom. The summed E-state index contributed by atoms with van der Waals surface area (Å²) in [4.78, 5) is 27.6. The number of thioether (sulfide) groups is 1. The van der Waals surface area contributed by atoms with Gasteiger partial charge in [-0.25, -0.2) is 4.68 Å². The van der Waals surface area contributed by atoms with E-state index >= 15 is 0 Å². The molecule has 0 saturated carbocycles. The Morgan fingerprint density at radius 1 is 1.09 bits per heavy atom. The van der Waals surface area contributed by atoms with Crippen LogP contribution in [0.1, 0.15) is 16.1 Å². The fourth-order valence-electron chi connectivity index (χ4n) is 4.04. The van der Waals surface area contributed by atoms with Gasteiger partial charge < -0.3 is 10.1 Å². The van der Waals surface area contributed by atoms with Crippen molar-refractivity contribution >= 4 is 29.1 Å². The Labute approximate surface area is 206 Å². The van der Waals surface area contributed by atoms with Crippen molar-refractivity contribution in [2.45, 2.75) is 10.6 Å². The number of fused-ring (bicyclic) bond motifs is 3. The monoisotopic (exact) mass is 480 g/mol. The van der Waals surface area contributed by atoms with E-state index < -0.39 is 17.6 Å². The predicted octanol–water partition coefficient (Wildman–Crippen LogP) is 5.11. The number of hydrogen-bond donors (Lipinski definition) is 1. The molecular weight excluding hydrogens is 460 g/mol. The summed E-state index contributed by atoms with van der Waals surface area (Å²) in [6, 6.07) is 26.1. The number of carbonyl (C=O) groups is 2. The van der Waals surface area contributed by atoms with Crippen molar-refractivity contribution in [1.29, 1.82) is 5.26 Å². The first-order chi connectivity index (χ1) is 17.1. The van der Waals surface area contributed by atoms with Gasteiger partial charge in [0.05, 0.1) is 24.6 Å². The molecule has 8 heteroatoms. The smallest absolute Gasteiger partial charge is 0.249 e. The third kappa shape index (κ3) is 4.18. The molecule has 0 spiro atoms. The largest absolute Gasteiger partial charge is 0.497 e. The third-order valence-corrected chi connectivity index (χ3v) is 6.82. The van der Waals surface area contributed by atoms with Gasteiger partial charge in [0, 0.05) is 33.5 Å². The standard InChI is InChI=1S/C27H20N4O3S/c1-34-19-11-7-8-17(14-19)29-27(33)21(15-28)26(32)24-22-16-35-23-13-6-5-12-20(23)25(22)31(30-24)18-9-3-2-4-10-18/h2-14,21H,16H2,1H3,(H,29,33). The molecule has 5 rings (SSSR count). The number of aromatic nitrogens is 2. The maximum absolute atomic E-state index is 13.6. The van der Waals surface area contributed by atoms with E-state index in [-0.39, 0.29) is 5.69 Å². The molecule has 0 saturated heterocycles. The summed E-state index contributed by atoms with van der Waals surface area (Å²) in [5, 5.41) is 17.1. The van der Waals surface area contributed by atoms with Crippen molar-refractivity contribution in [3.8, 4) is 28.8 Å². The fourth-order valence-corrected chi connectivity index (χ4v) is 5.11. The second-order valence-corrected chi connectivity index (χ2v) is 8.87. The zero-order valence-corrected chi connectivity index (χ0v) is 19.6. The lowest BCUT2D eigenvalue weighted by atomic mass is 9.97. The van der Waals surface area contributed by atoms with Crippen LogP contribution in [-0.2, 0) is 10.5 Å². The zero-order chi connectivity index (χ0) is 24.4. The second-order valence-electron chi connectivity index (χ2n) is 7.86. The topological polar surface area (TPSA) is 97.0 Å². The Bertz CT molecular complexity index is 1470. The van der Waals surface area contributed by atoms with Crippen LogP contribution in [0, 0.1) is 17.2 Å². The average Bonchev–Trinajstić information content (AvgIpc) is 3.30. The summed E-state index contributed by atoms with van der Waals surface area (Å²) in [6.45, 7) is 0. The van der Waals surface area contributed by atoms with Gasteiger partial charge in [0.15, 0.2) is 5.92 Å². The van der Waals surface area contributed by atoms with Crippen molar-refractivity contribution in [2.24, 2.45) is 5.92 Å². The number of para-hydroxylation sites is 1. The highest BCUT2D eigenvalue weighted by Crippen LogP contribution is 2.44. The number of methoxy groups -OCH3 is 1. The maximum Gasteiger partial charge on any atom is 0.249 e. The van der Waals surface area contributed by atoms with Crippen LogP contribution in [0.25, 0.3) is 16.9 Å². The lowest BCUT2D eigenvalue weighted by Gasteiger charge is -2.18. The Kier molecular flexibility index (Phi) is 6.08. The molecule has 1 atom stereocenters. The van der Waals surface area contributed by atoms with Crippen molar-refractivity contribution in [3.63, 3.8) is 0 Å². The second kappa shape index (κ2) is 9.49. The molecule has 0 fully saturated rings. The number of hydrogen-bond acceptors (Lipinski definition) is 6. The van der Waals surface area contributed by atoms with Gasteiger partial charge in [-0.3, -0.25) is 9.59 Å². The molecule has 4 aromatic rings. The van der Waals surface area contributed by atoms with E-state index in [1.54, 1.807) is 40.7 Å². The number of rotatable bonds is 6. The van der Waals surface area contributed by atoms with Crippen LogP contribution in [0.4, 0.5) is 5.69 Å². The average molecular weight is 481 g/mol. The van der Waals surface area contributed by atoms with Crippen LogP contribution >= 0.6 is 11.8 Å². The Morgan fingerprint density at radius 2 is 1.86 bits per heavy atom. The van der Waals surface area contributed by atoms with Gasteiger partial charge in [0.25, 0.3) is 0 Å². The number of nitrogens with zero attached hydrogens (tertiary/aromatic N) is 3. The molecule has 1 N–H and O–H groups in total. The third-order valence-electron chi connectivity index (χ3n) is 5.72. The van der Waals surface area contributed by atoms with Crippen LogP contribution in [0.5, 0.6) is 5.75 Å². The lowest BCUT2D eigenvalue weighted by molar-refractivity contribution is -0.117. The van der Waals surface area contributed by atoms with Crippen molar-refractivity contribution in [3.05, 3.63) is 90.1 Å². The predicted molar refractivity (Wildman–Crippen MR) is 134 cm³/mol. The first-order valence-corrected chi connectivity index (χ1v) is 11.9. The van der Waals surface area contributed by atoms with Gasteiger partial charge in [-0.05, 0) is 30.3 Å². The molecule has 0 bridgehead atoms. The number of nitriles is 1. The van der Waals surface area contributed by atoms with E-state index in [4.69, 9.17) is 4.74 Å². The molecule has 1 aromatic heterocycles. The van der Waals surface area contributed by atoms with E-state index in [0.717, 1.165) is 27.4 Å².